The Balaban J connectivity index is 1.72. The van der Waals surface area contributed by atoms with Gasteiger partial charge in [-0.15, -0.1) is 11.3 Å². The number of hydrogen-bond acceptors (Lipinski definition) is 3. The highest BCUT2D eigenvalue weighted by Gasteiger charge is 2.17. The number of hydrogen-bond donors (Lipinski definition) is 0. The van der Waals surface area contributed by atoms with Crippen LogP contribution in [0.25, 0.3) is 0 Å². The molecular weight excluding hydrogens is 296 g/mol. The third-order valence-corrected chi connectivity index (χ3v) is 6.20. The van der Waals surface area contributed by atoms with Crippen LogP contribution in [0.3, 0.4) is 0 Å². The summed E-state index contributed by atoms with van der Waals surface area (Å²) in [5, 5.41) is 0. The molecule has 3 heteroatoms. The van der Waals surface area contributed by atoms with E-state index in [-0.39, 0.29) is 5.78 Å². The number of rotatable bonds is 4. The highest BCUT2D eigenvalue weighted by molar-refractivity contribution is 7.98. The van der Waals surface area contributed by atoms with Crippen molar-refractivity contribution in [2.45, 2.75) is 38.4 Å². The molecule has 1 aliphatic rings. The minimum absolute atomic E-state index is 0.261. The predicted octanol–water partition coefficient (Wildman–Crippen LogP) is 5.09. The molecule has 0 radical (unpaired) electrons. The molecule has 0 spiro atoms. The molecule has 0 saturated carbocycles. The Bertz CT molecular complexity index is 614. The van der Waals surface area contributed by atoms with Crippen molar-refractivity contribution in [2.24, 2.45) is 0 Å². The summed E-state index contributed by atoms with van der Waals surface area (Å²) in [6, 6.07) is 10.6. The van der Waals surface area contributed by atoms with Crippen LogP contribution in [0.5, 0.6) is 0 Å². The molecule has 0 aliphatic carbocycles. The van der Waals surface area contributed by atoms with Gasteiger partial charge in [-0.05, 0) is 40.8 Å². The van der Waals surface area contributed by atoms with Crippen molar-refractivity contribution in [1.29, 1.82) is 0 Å². The first kappa shape index (κ1) is 14.9. The molecule has 1 aliphatic heterocycles. The molecule has 1 aromatic heterocycles. The lowest BCUT2D eigenvalue weighted by molar-refractivity contribution is 0.0997. The molecule has 1 aromatic carbocycles. The number of carbonyl (C=O) groups excluding carboxylic acids is 1. The van der Waals surface area contributed by atoms with E-state index in [4.69, 9.17) is 0 Å². The van der Waals surface area contributed by atoms with Gasteiger partial charge in [-0.1, -0.05) is 38.1 Å². The fourth-order valence-corrected chi connectivity index (χ4v) is 4.89. The van der Waals surface area contributed by atoms with Crippen molar-refractivity contribution in [3.05, 3.63) is 56.8 Å². The van der Waals surface area contributed by atoms with E-state index in [1.807, 2.05) is 11.8 Å². The molecule has 2 aromatic rings. The maximum absolute atomic E-state index is 12.5. The smallest absolute Gasteiger partial charge is 0.177 e. The average molecular weight is 316 g/mol. The van der Waals surface area contributed by atoms with Gasteiger partial charge in [-0.2, -0.15) is 11.8 Å². The van der Waals surface area contributed by atoms with Crippen molar-refractivity contribution >= 4 is 28.9 Å². The molecule has 3 rings (SSSR count). The summed E-state index contributed by atoms with van der Waals surface area (Å²) in [5.74, 6) is 3.06. The van der Waals surface area contributed by atoms with Gasteiger partial charge in [0.05, 0.1) is 4.88 Å². The Labute approximate surface area is 134 Å². The summed E-state index contributed by atoms with van der Waals surface area (Å²) < 4.78 is 0. The highest BCUT2D eigenvalue weighted by Crippen LogP contribution is 2.32. The standard InChI is InChI=1S/C18H20OS2/c1-12(2)14-5-3-13(4-6-14)9-16(19)18-10-15-11-20-8-7-17(15)21-18/h3-6,10,12H,7-9,11H2,1-2H3. The number of Topliss-reactive ketones (excluding diaryl/α,β-unsaturated/α-hetero) is 1. The molecule has 0 amide bonds. The van der Waals surface area contributed by atoms with Crippen LogP contribution in [0.1, 0.15) is 51.0 Å². The molecule has 0 N–H and O–H groups in total. The zero-order valence-corrected chi connectivity index (χ0v) is 14.2. The number of aryl methyl sites for hydroxylation is 1. The van der Waals surface area contributed by atoms with Gasteiger partial charge in [0.2, 0.25) is 0 Å². The fourth-order valence-electron chi connectivity index (χ4n) is 2.58. The minimum Gasteiger partial charge on any atom is -0.293 e. The van der Waals surface area contributed by atoms with Gasteiger partial charge in [0.25, 0.3) is 0 Å². The van der Waals surface area contributed by atoms with Crippen LogP contribution < -0.4 is 0 Å². The highest BCUT2D eigenvalue weighted by atomic mass is 32.2. The van der Waals surface area contributed by atoms with E-state index < -0.39 is 0 Å². The molecule has 21 heavy (non-hydrogen) atoms. The number of carbonyl (C=O) groups is 1. The first-order chi connectivity index (χ1) is 10.1. The summed E-state index contributed by atoms with van der Waals surface area (Å²) in [7, 11) is 0. The minimum atomic E-state index is 0.261. The zero-order chi connectivity index (χ0) is 14.8. The summed E-state index contributed by atoms with van der Waals surface area (Å²) >= 11 is 3.67. The first-order valence-electron chi connectivity index (χ1n) is 7.45. The Morgan fingerprint density at radius 3 is 2.67 bits per heavy atom. The van der Waals surface area contributed by atoms with E-state index >= 15 is 0 Å². The average Bonchev–Trinajstić information content (AvgIpc) is 2.92. The van der Waals surface area contributed by atoms with Crippen molar-refractivity contribution in [3.8, 4) is 0 Å². The number of thiophene rings is 1. The van der Waals surface area contributed by atoms with E-state index in [0.717, 1.165) is 22.6 Å². The second-order valence-corrected chi connectivity index (χ2v) is 8.10. The van der Waals surface area contributed by atoms with E-state index in [1.54, 1.807) is 11.3 Å². The number of thioether (sulfide) groups is 1. The quantitative estimate of drug-likeness (QED) is 0.731. The van der Waals surface area contributed by atoms with Gasteiger partial charge in [0.1, 0.15) is 0 Å². The largest absolute Gasteiger partial charge is 0.293 e. The lowest BCUT2D eigenvalue weighted by Gasteiger charge is -2.08. The normalized spacial score (nSPS) is 14.2. The van der Waals surface area contributed by atoms with Crippen molar-refractivity contribution in [1.82, 2.24) is 0 Å². The van der Waals surface area contributed by atoms with Gasteiger partial charge >= 0.3 is 0 Å². The number of ketones is 1. The summed E-state index contributed by atoms with van der Waals surface area (Å²) in [6.07, 6.45) is 1.64. The van der Waals surface area contributed by atoms with Crippen molar-refractivity contribution in [2.75, 3.05) is 5.75 Å². The Hall–Kier alpha value is -1.06. The number of fused-ring (bicyclic) bond motifs is 1. The second kappa shape index (κ2) is 6.37. The summed E-state index contributed by atoms with van der Waals surface area (Å²) in [4.78, 5) is 14.8. The summed E-state index contributed by atoms with van der Waals surface area (Å²) in [5.41, 5.74) is 3.83. The van der Waals surface area contributed by atoms with Gasteiger partial charge < -0.3 is 0 Å². The van der Waals surface area contributed by atoms with Crippen LogP contribution in [0.15, 0.2) is 30.3 Å². The number of benzene rings is 1. The van der Waals surface area contributed by atoms with Crippen molar-refractivity contribution in [3.63, 3.8) is 0 Å². The molecule has 0 atom stereocenters. The van der Waals surface area contributed by atoms with E-state index in [9.17, 15) is 4.79 Å². The molecular formula is C18H20OS2. The Morgan fingerprint density at radius 1 is 1.24 bits per heavy atom. The molecule has 2 heterocycles. The SMILES string of the molecule is CC(C)c1ccc(CC(=O)c2cc3c(s2)CCSC3)cc1. The van der Waals surface area contributed by atoms with Gasteiger partial charge in [0.15, 0.2) is 5.78 Å². The maximum Gasteiger partial charge on any atom is 0.177 e. The third kappa shape index (κ3) is 3.41. The monoisotopic (exact) mass is 316 g/mol. The first-order valence-corrected chi connectivity index (χ1v) is 9.42. The predicted molar refractivity (Wildman–Crippen MR) is 92.8 cm³/mol. The van der Waals surface area contributed by atoms with Gasteiger partial charge in [-0.25, -0.2) is 0 Å². The second-order valence-electron chi connectivity index (χ2n) is 5.86. The lowest BCUT2D eigenvalue weighted by atomic mass is 10.00. The van der Waals surface area contributed by atoms with Crippen LogP contribution in [-0.4, -0.2) is 11.5 Å². The van der Waals surface area contributed by atoms with Crippen LogP contribution in [0, 0.1) is 0 Å². The zero-order valence-electron chi connectivity index (χ0n) is 12.5. The molecule has 110 valence electrons. The van der Waals surface area contributed by atoms with E-state index in [0.29, 0.717) is 12.3 Å². The summed E-state index contributed by atoms with van der Waals surface area (Å²) in [6.45, 7) is 4.38. The van der Waals surface area contributed by atoms with Gasteiger partial charge in [0, 0.05) is 17.1 Å². The molecule has 0 saturated heterocycles. The van der Waals surface area contributed by atoms with Crippen molar-refractivity contribution < 1.29 is 4.79 Å². The van der Waals surface area contributed by atoms with E-state index in [1.165, 1.54) is 21.8 Å². The Morgan fingerprint density at radius 2 is 2.00 bits per heavy atom. The third-order valence-electron chi connectivity index (χ3n) is 3.91. The maximum atomic E-state index is 12.5. The molecule has 0 unspecified atom stereocenters. The molecule has 0 bridgehead atoms. The lowest BCUT2D eigenvalue weighted by Crippen LogP contribution is -2.01. The van der Waals surface area contributed by atoms with Gasteiger partial charge in [-0.3, -0.25) is 4.79 Å². The van der Waals surface area contributed by atoms with Crippen LogP contribution in [0.4, 0.5) is 0 Å². The van der Waals surface area contributed by atoms with E-state index in [2.05, 4.69) is 44.2 Å². The Kier molecular flexibility index (Phi) is 4.51. The molecule has 0 fully saturated rings. The fraction of sp³-hybridized carbons (Fsp3) is 0.389. The topological polar surface area (TPSA) is 17.1 Å². The van der Waals surface area contributed by atoms with Crippen LogP contribution >= 0.6 is 23.1 Å². The van der Waals surface area contributed by atoms with Crippen LogP contribution in [-0.2, 0) is 18.6 Å². The van der Waals surface area contributed by atoms with Crippen LogP contribution in [0.2, 0.25) is 0 Å². The molecule has 1 nitrogen and oxygen atoms in total.